The van der Waals surface area contributed by atoms with Crippen LogP contribution in [0, 0.1) is 19.8 Å². The highest BCUT2D eigenvalue weighted by atomic mass is 16.3. The Labute approximate surface area is 178 Å². The number of H-pyrrole nitrogens is 1. The number of aliphatic hydroxyl groups excluding tert-OH is 2. The van der Waals surface area contributed by atoms with Gasteiger partial charge in [0.2, 0.25) is 5.65 Å². The number of fused-ring (bicyclic) bond motifs is 1. The third-order valence-electron chi connectivity index (χ3n) is 5.19. The lowest BCUT2D eigenvalue weighted by Crippen LogP contribution is -2.45. The average Bonchev–Trinajstić information content (AvgIpc) is 3.08. The number of rotatable bonds is 6. The average molecular weight is 421 g/mol. The number of aromatic amines is 1. The number of nitrogens with one attached hydrogen (secondary N) is 1. The van der Waals surface area contributed by atoms with E-state index in [9.17, 15) is 15.0 Å². The summed E-state index contributed by atoms with van der Waals surface area (Å²) in [5.41, 5.74) is 11.0. The van der Waals surface area contributed by atoms with E-state index in [4.69, 9.17) is 5.73 Å². The van der Waals surface area contributed by atoms with Crippen molar-refractivity contribution in [3.63, 3.8) is 0 Å². The molecule has 3 heterocycles. The molecule has 1 aromatic carbocycles. The van der Waals surface area contributed by atoms with Crippen molar-refractivity contribution >= 4 is 11.6 Å². The van der Waals surface area contributed by atoms with Crippen LogP contribution < -0.4 is 15.8 Å². The second-order valence-corrected chi connectivity index (χ2v) is 7.62. The molecular formula is C22H25N6O3+. The Morgan fingerprint density at radius 1 is 1.06 bits per heavy atom. The van der Waals surface area contributed by atoms with Crippen molar-refractivity contribution in [2.45, 2.75) is 20.4 Å². The standard InChI is InChI=1S/C22H24N6O3/c1-13-8-17(9-14(2)24-13)18-19(16-6-4-3-5-7-16)25-21(23)28-20(18)26-27(22(28)31)10-15(11-29)12-30/h3-9,15,29-30H,10-12H2,1-2H3,(H2,23,24,25,26)/p+1. The van der Waals surface area contributed by atoms with Crippen LogP contribution >= 0.6 is 0 Å². The van der Waals surface area contributed by atoms with Gasteiger partial charge in [0.25, 0.3) is 0 Å². The molecule has 0 saturated heterocycles. The van der Waals surface area contributed by atoms with E-state index in [-0.39, 0.29) is 25.7 Å². The van der Waals surface area contributed by atoms with E-state index in [1.807, 2.05) is 56.3 Å². The number of benzene rings is 1. The van der Waals surface area contributed by atoms with Crippen LogP contribution in [0.4, 0.5) is 5.95 Å². The Kier molecular flexibility index (Phi) is 5.53. The van der Waals surface area contributed by atoms with Gasteiger partial charge in [-0.1, -0.05) is 30.3 Å². The summed E-state index contributed by atoms with van der Waals surface area (Å²) in [6, 6.07) is 13.5. The van der Waals surface area contributed by atoms with E-state index in [2.05, 4.69) is 15.1 Å². The third-order valence-corrected chi connectivity index (χ3v) is 5.19. The Morgan fingerprint density at radius 2 is 1.71 bits per heavy atom. The van der Waals surface area contributed by atoms with Gasteiger partial charge in [-0.15, -0.1) is 9.38 Å². The summed E-state index contributed by atoms with van der Waals surface area (Å²) in [7, 11) is 0. The zero-order valence-electron chi connectivity index (χ0n) is 17.4. The van der Waals surface area contributed by atoms with Gasteiger partial charge in [-0.3, -0.25) is 4.98 Å². The summed E-state index contributed by atoms with van der Waals surface area (Å²) in [5, 5.41) is 22.0. The minimum absolute atomic E-state index is 0.0460. The van der Waals surface area contributed by atoms with Crippen molar-refractivity contribution in [1.29, 1.82) is 0 Å². The van der Waals surface area contributed by atoms with Crippen molar-refractivity contribution in [2.75, 3.05) is 18.9 Å². The summed E-state index contributed by atoms with van der Waals surface area (Å²) in [5.74, 6) is -0.437. The van der Waals surface area contributed by atoms with E-state index in [0.717, 1.165) is 28.1 Å². The molecule has 160 valence electrons. The molecule has 0 amide bonds. The van der Waals surface area contributed by atoms with Crippen LogP contribution in [-0.2, 0) is 6.54 Å². The van der Waals surface area contributed by atoms with E-state index in [0.29, 0.717) is 11.3 Å². The van der Waals surface area contributed by atoms with E-state index >= 15 is 0 Å². The van der Waals surface area contributed by atoms with Crippen molar-refractivity contribution in [3.05, 3.63) is 64.3 Å². The fraction of sp³-hybridized carbons (Fsp3) is 0.273. The van der Waals surface area contributed by atoms with Crippen molar-refractivity contribution in [2.24, 2.45) is 5.92 Å². The molecule has 0 saturated carbocycles. The highest BCUT2D eigenvalue weighted by Gasteiger charge is 2.26. The molecule has 9 nitrogen and oxygen atoms in total. The fourth-order valence-corrected chi connectivity index (χ4v) is 3.77. The highest BCUT2D eigenvalue weighted by Crippen LogP contribution is 2.33. The van der Waals surface area contributed by atoms with Crippen molar-refractivity contribution in [1.82, 2.24) is 19.7 Å². The Morgan fingerprint density at radius 3 is 2.32 bits per heavy atom. The molecular weight excluding hydrogens is 396 g/mol. The van der Waals surface area contributed by atoms with Crippen LogP contribution in [0.1, 0.15) is 11.4 Å². The molecule has 31 heavy (non-hydrogen) atoms. The SMILES string of the molecule is Cc1cc(-c2c(-c3ccccc3)nc(N)[n+]3c(=O)n(CC(CO)CO)[nH]c23)cc(C)n1. The van der Waals surface area contributed by atoms with Gasteiger partial charge >= 0.3 is 11.6 Å². The Bertz CT molecular complexity index is 1270. The molecule has 0 radical (unpaired) electrons. The smallest absolute Gasteiger partial charge is 0.396 e. The molecule has 3 aromatic heterocycles. The lowest BCUT2D eigenvalue weighted by molar-refractivity contribution is -0.516. The van der Waals surface area contributed by atoms with Crippen molar-refractivity contribution < 1.29 is 14.6 Å². The van der Waals surface area contributed by atoms with Gasteiger partial charge in [0.05, 0.1) is 25.3 Å². The Balaban J connectivity index is 2.07. The molecule has 4 aromatic rings. The topological polar surface area (TPSA) is 134 Å². The van der Waals surface area contributed by atoms with Gasteiger partial charge in [-0.2, -0.15) is 4.68 Å². The van der Waals surface area contributed by atoms with E-state index in [1.54, 1.807) is 0 Å². The van der Waals surface area contributed by atoms with Gasteiger partial charge in [-0.05, 0) is 31.5 Å². The molecule has 0 aliphatic heterocycles. The molecule has 0 fully saturated rings. The number of anilines is 1. The van der Waals surface area contributed by atoms with Crippen LogP contribution in [0.3, 0.4) is 0 Å². The first kappa shape index (κ1) is 20.7. The molecule has 0 aliphatic rings. The lowest BCUT2D eigenvalue weighted by atomic mass is 9.99. The molecule has 9 heteroatoms. The number of hydrogen-bond acceptors (Lipinski definition) is 6. The monoisotopic (exact) mass is 421 g/mol. The predicted octanol–water partition coefficient (Wildman–Crippen LogP) is 0.839. The first-order chi connectivity index (χ1) is 14.9. The molecule has 4 rings (SSSR count). The number of aliphatic hydroxyl groups is 2. The maximum atomic E-state index is 13.1. The maximum Gasteiger partial charge on any atom is 0.428 e. The fourth-order valence-electron chi connectivity index (χ4n) is 3.77. The summed E-state index contributed by atoms with van der Waals surface area (Å²) >= 11 is 0. The minimum Gasteiger partial charge on any atom is -0.396 e. The zero-order chi connectivity index (χ0) is 22.1. The number of nitrogen functional groups attached to an aromatic ring is 1. The number of aromatic nitrogens is 5. The molecule has 0 bridgehead atoms. The van der Waals surface area contributed by atoms with Crippen LogP contribution in [0.5, 0.6) is 0 Å². The molecule has 0 atom stereocenters. The predicted molar refractivity (Wildman–Crippen MR) is 116 cm³/mol. The molecule has 0 aliphatic carbocycles. The number of nitrogens with two attached hydrogens (primary N) is 1. The Hall–Kier alpha value is -3.56. The van der Waals surface area contributed by atoms with Gasteiger partial charge in [-0.25, -0.2) is 9.89 Å². The van der Waals surface area contributed by atoms with Crippen LogP contribution in [-0.4, -0.2) is 43.2 Å². The highest BCUT2D eigenvalue weighted by molar-refractivity contribution is 5.88. The number of nitrogens with zero attached hydrogens (tertiary/aromatic N) is 4. The van der Waals surface area contributed by atoms with Gasteiger partial charge in [0.15, 0.2) is 0 Å². The molecule has 0 spiro atoms. The number of hydrogen-bond donors (Lipinski definition) is 4. The van der Waals surface area contributed by atoms with Gasteiger partial charge in [0.1, 0.15) is 5.69 Å². The van der Waals surface area contributed by atoms with Crippen LogP contribution in [0.2, 0.25) is 0 Å². The third kappa shape index (κ3) is 3.80. The number of aryl methyl sites for hydroxylation is 2. The first-order valence-electron chi connectivity index (χ1n) is 9.99. The normalized spacial score (nSPS) is 11.5. The van der Waals surface area contributed by atoms with E-state index < -0.39 is 11.6 Å². The van der Waals surface area contributed by atoms with Gasteiger partial charge < -0.3 is 15.9 Å². The van der Waals surface area contributed by atoms with Gasteiger partial charge in [0, 0.05) is 22.9 Å². The number of pyridine rings is 1. The largest absolute Gasteiger partial charge is 0.428 e. The van der Waals surface area contributed by atoms with Crippen LogP contribution in [0.15, 0.2) is 47.3 Å². The summed E-state index contributed by atoms with van der Waals surface area (Å²) in [6.45, 7) is 3.44. The van der Waals surface area contributed by atoms with E-state index in [1.165, 1.54) is 9.08 Å². The second-order valence-electron chi connectivity index (χ2n) is 7.62. The molecule has 0 unspecified atom stereocenters. The van der Waals surface area contributed by atoms with Crippen LogP contribution in [0.25, 0.3) is 28.0 Å². The lowest BCUT2D eigenvalue weighted by Gasteiger charge is -2.10. The first-order valence-corrected chi connectivity index (χ1v) is 9.99. The molecule has 5 N–H and O–H groups in total. The second kappa shape index (κ2) is 8.29. The summed E-state index contributed by atoms with van der Waals surface area (Å²) in [4.78, 5) is 22.1. The summed E-state index contributed by atoms with van der Waals surface area (Å²) in [6.07, 6.45) is 0. The quantitative estimate of drug-likeness (QED) is 0.341. The minimum atomic E-state index is -0.483. The van der Waals surface area contributed by atoms with Crippen molar-refractivity contribution in [3.8, 4) is 22.4 Å². The zero-order valence-corrected chi connectivity index (χ0v) is 17.4. The maximum absolute atomic E-state index is 13.1. The summed E-state index contributed by atoms with van der Waals surface area (Å²) < 4.78 is 2.66.